The molecule has 38 heavy (non-hydrogen) atoms. The van der Waals surface area contributed by atoms with E-state index in [-0.39, 0.29) is 12.5 Å². The molecule has 0 unspecified atom stereocenters. The third kappa shape index (κ3) is 7.37. The van der Waals surface area contributed by atoms with Gasteiger partial charge in [-0.2, -0.15) is 0 Å². The predicted octanol–water partition coefficient (Wildman–Crippen LogP) is 2.74. The van der Waals surface area contributed by atoms with Gasteiger partial charge in [-0.1, -0.05) is 18.2 Å². The summed E-state index contributed by atoms with van der Waals surface area (Å²) in [4.78, 5) is 48.0. The normalized spacial score (nSPS) is 13.7. The number of nitrogens with zero attached hydrogens (tertiary/aromatic N) is 7. The summed E-state index contributed by atoms with van der Waals surface area (Å²) in [5, 5.41) is 2.50. The van der Waals surface area contributed by atoms with Gasteiger partial charge in [-0.15, -0.1) is 0 Å². The first-order valence-electron chi connectivity index (χ1n) is 12.6. The monoisotopic (exact) mass is 518 g/mol. The molecule has 1 aliphatic heterocycles. The van der Waals surface area contributed by atoms with Gasteiger partial charge in [-0.05, 0) is 38.0 Å². The number of anilines is 2. The van der Waals surface area contributed by atoms with Gasteiger partial charge in [0.2, 0.25) is 11.9 Å². The van der Waals surface area contributed by atoms with E-state index in [1.807, 2.05) is 36.7 Å². The Morgan fingerprint density at radius 1 is 0.974 bits per heavy atom. The molecule has 1 saturated heterocycles. The number of likely N-dealkylation sites (N-methyl/N-ethyl adjacent to an activating group) is 1. The van der Waals surface area contributed by atoms with Gasteiger partial charge in [-0.25, -0.2) is 19.7 Å². The Balaban J connectivity index is 1.31. The maximum Gasteiger partial charge on any atom is 0.408 e. The van der Waals surface area contributed by atoms with Crippen molar-refractivity contribution < 1.29 is 14.3 Å². The predicted molar refractivity (Wildman–Crippen MR) is 145 cm³/mol. The molecule has 0 saturated carbocycles. The lowest BCUT2D eigenvalue weighted by molar-refractivity contribution is -0.129. The van der Waals surface area contributed by atoms with Crippen LogP contribution in [0.1, 0.15) is 26.3 Å². The number of carbonyl (C=O) groups excluding carboxylic acids is 2. The fourth-order valence-electron chi connectivity index (χ4n) is 4.03. The van der Waals surface area contributed by atoms with Crippen LogP contribution in [0.5, 0.6) is 0 Å². The molecule has 0 atom stereocenters. The SMILES string of the molecule is CN(Cc1cccc(-c2cnc(N3CCN(c4cnccn4)CC3)nc2)c1)C(=O)CNC(=O)OC(C)(C)C. The number of carbonyl (C=O) groups is 2. The molecule has 1 aromatic carbocycles. The summed E-state index contributed by atoms with van der Waals surface area (Å²) in [7, 11) is 1.70. The number of piperazine rings is 1. The van der Waals surface area contributed by atoms with Crippen molar-refractivity contribution in [3.63, 3.8) is 0 Å². The summed E-state index contributed by atoms with van der Waals surface area (Å²) in [5.74, 6) is 1.37. The van der Waals surface area contributed by atoms with Crippen LogP contribution in [-0.4, -0.2) is 82.2 Å². The fraction of sp³-hybridized carbons (Fsp3) is 0.407. The van der Waals surface area contributed by atoms with Gasteiger partial charge in [-0.3, -0.25) is 9.78 Å². The van der Waals surface area contributed by atoms with Gasteiger partial charge >= 0.3 is 6.09 Å². The van der Waals surface area contributed by atoms with Crippen molar-refractivity contribution in [1.82, 2.24) is 30.2 Å². The number of nitrogens with one attached hydrogen (secondary N) is 1. The van der Waals surface area contributed by atoms with Crippen LogP contribution >= 0.6 is 0 Å². The average molecular weight is 519 g/mol. The van der Waals surface area contributed by atoms with Crippen molar-refractivity contribution in [2.75, 3.05) is 49.6 Å². The van der Waals surface area contributed by atoms with E-state index in [4.69, 9.17) is 4.74 Å². The van der Waals surface area contributed by atoms with Crippen LogP contribution < -0.4 is 15.1 Å². The Labute approximate surface area is 222 Å². The summed E-state index contributed by atoms with van der Waals surface area (Å²) in [5.41, 5.74) is 2.21. The second kappa shape index (κ2) is 11.8. The summed E-state index contributed by atoms with van der Waals surface area (Å²) in [6, 6.07) is 7.92. The lowest BCUT2D eigenvalue weighted by atomic mass is 10.1. The molecule has 11 heteroatoms. The quantitative estimate of drug-likeness (QED) is 0.504. The van der Waals surface area contributed by atoms with Crippen LogP contribution in [0.2, 0.25) is 0 Å². The standard InChI is InChI=1S/C27H34N8O3/c1-27(2,3)38-26(37)32-18-24(36)33(4)19-20-6-5-7-21(14-20)22-15-30-25(31-16-22)35-12-10-34(11-13-35)23-17-28-8-9-29-23/h5-9,14-17H,10-13,18-19H2,1-4H3,(H,32,37). The minimum Gasteiger partial charge on any atom is -0.444 e. The molecule has 2 amide bonds. The lowest BCUT2D eigenvalue weighted by Gasteiger charge is -2.35. The van der Waals surface area contributed by atoms with Crippen LogP contribution in [0.4, 0.5) is 16.6 Å². The Bertz CT molecular complexity index is 1220. The lowest BCUT2D eigenvalue weighted by Crippen LogP contribution is -2.47. The van der Waals surface area contributed by atoms with Crippen LogP contribution in [0.25, 0.3) is 11.1 Å². The molecule has 3 heterocycles. The fourth-order valence-corrected chi connectivity index (χ4v) is 4.03. The molecule has 0 bridgehead atoms. The molecule has 0 aliphatic carbocycles. The average Bonchev–Trinajstić information content (AvgIpc) is 2.91. The number of hydrogen-bond donors (Lipinski definition) is 1. The second-order valence-corrected chi connectivity index (χ2v) is 10.1. The first-order valence-corrected chi connectivity index (χ1v) is 12.6. The molecule has 4 rings (SSSR count). The van der Waals surface area contributed by atoms with Gasteiger partial charge < -0.3 is 24.8 Å². The van der Waals surface area contributed by atoms with Crippen LogP contribution in [0.3, 0.4) is 0 Å². The molecule has 11 nitrogen and oxygen atoms in total. The molecule has 1 aliphatic rings. The summed E-state index contributed by atoms with van der Waals surface area (Å²) < 4.78 is 5.18. The van der Waals surface area contributed by atoms with E-state index in [9.17, 15) is 9.59 Å². The number of hydrogen-bond acceptors (Lipinski definition) is 9. The molecule has 3 aromatic rings. The van der Waals surface area contributed by atoms with E-state index in [2.05, 4.69) is 35.1 Å². The minimum atomic E-state index is -0.617. The highest BCUT2D eigenvalue weighted by atomic mass is 16.6. The van der Waals surface area contributed by atoms with Crippen LogP contribution in [0, 0.1) is 0 Å². The van der Waals surface area contributed by atoms with Gasteiger partial charge in [0.05, 0.1) is 6.20 Å². The van der Waals surface area contributed by atoms with E-state index in [1.165, 1.54) is 0 Å². The zero-order chi connectivity index (χ0) is 27.1. The van der Waals surface area contributed by atoms with E-state index in [1.54, 1.807) is 51.3 Å². The highest BCUT2D eigenvalue weighted by molar-refractivity contribution is 5.82. The Kier molecular flexibility index (Phi) is 8.35. The zero-order valence-corrected chi connectivity index (χ0v) is 22.3. The molecule has 0 radical (unpaired) electrons. The number of aromatic nitrogens is 4. The number of rotatable bonds is 7. The van der Waals surface area contributed by atoms with E-state index in [0.29, 0.717) is 12.5 Å². The van der Waals surface area contributed by atoms with Gasteiger partial charge in [0.1, 0.15) is 18.0 Å². The molecule has 2 aromatic heterocycles. The number of benzene rings is 1. The van der Waals surface area contributed by atoms with E-state index < -0.39 is 11.7 Å². The van der Waals surface area contributed by atoms with Gasteiger partial charge in [0, 0.05) is 70.1 Å². The molecule has 0 spiro atoms. The smallest absolute Gasteiger partial charge is 0.408 e. The van der Waals surface area contributed by atoms with Crippen molar-refractivity contribution in [2.45, 2.75) is 32.9 Å². The molecule has 1 fully saturated rings. The Morgan fingerprint density at radius 3 is 2.34 bits per heavy atom. The summed E-state index contributed by atoms with van der Waals surface area (Å²) >= 11 is 0. The number of amides is 2. The molecule has 1 N–H and O–H groups in total. The van der Waals surface area contributed by atoms with Crippen molar-refractivity contribution in [2.24, 2.45) is 0 Å². The molecular formula is C27H34N8O3. The Morgan fingerprint density at radius 2 is 1.68 bits per heavy atom. The molecule has 200 valence electrons. The van der Waals surface area contributed by atoms with E-state index in [0.717, 1.165) is 48.7 Å². The Hall–Kier alpha value is -4.28. The van der Waals surface area contributed by atoms with Crippen LogP contribution in [-0.2, 0) is 16.1 Å². The topological polar surface area (TPSA) is 117 Å². The highest BCUT2D eigenvalue weighted by Crippen LogP contribution is 2.22. The third-order valence-electron chi connectivity index (χ3n) is 5.96. The summed E-state index contributed by atoms with van der Waals surface area (Å²) in [6.45, 7) is 8.84. The second-order valence-electron chi connectivity index (χ2n) is 10.1. The van der Waals surface area contributed by atoms with Gasteiger partial charge in [0.25, 0.3) is 0 Å². The maximum atomic E-state index is 12.5. The number of alkyl carbamates (subject to hydrolysis) is 1. The third-order valence-corrected chi connectivity index (χ3v) is 5.96. The minimum absolute atomic E-state index is 0.132. The van der Waals surface area contributed by atoms with Crippen molar-refractivity contribution in [3.05, 3.63) is 60.8 Å². The largest absolute Gasteiger partial charge is 0.444 e. The zero-order valence-electron chi connectivity index (χ0n) is 22.3. The van der Waals surface area contributed by atoms with Crippen molar-refractivity contribution >= 4 is 23.8 Å². The van der Waals surface area contributed by atoms with Gasteiger partial charge in [0.15, 0.2) is 0 Å². The number of ether oxygens (including phenoxy) is 1. The highest BCUT2D eigenvalue weighted by Gasteiger charge is 2.20. The molecular weight excluding hydrogens is 484 g/mol. The van der Waals surface area contributed by atoms with Crippen molar-refractivity contribution in [3.8, 4) is 11.1 Å². The van der Waals surface area contributed by atoms with Crippen molar-refractivity contribution in [1.29, 1.82) is 0 Å². The first-order chi connectivity index (χ1) is 18.2. The van der Waals surface area contributed by atoms with E-state index >= 15 is 0 Å². The maximum absolute atomic E-state index is 12.5. The summed E-state index contributed by atoms with van der Waals surface area (Å²) in [6.07, 6.45) is 8.21. The van der Waals surface area contributed by atoms with Crippen LogP contribution in [0.15, 0.2) is 55.2 Å². The first kappa shape index (κ1) is 26.8.